The predicted molar refractivity (Wildman–Crippen MR) is 142 cm³/mol. The molecular formula is C32H48F2O2. The van der Waals surface area contributed by atoms with Crippen LogP contribution in [0.3, 0.4) is 0 Å². The quantitative estimate of drug-likeness (QED) is 0.370. The monoisotopic (exact) mass is 502 g/mol. The molecule has 0 amide bonds. The highest BCUT2D eigenvalue weighted by Crippen LogP contribution is 2.45. The normalized spacial score (nSPS) is 35.1. The molecule has 202 valence electrons. The SMILES string of the molecule is CCCC1CCC(COc2cc3c(c(F)c2F)OC(C2CCC(C4CCC(C)CC4)CC2)CC3)CC1. The van der Waals surface area contributed by atoms with Gasteiger partial charge in [-0.1, -0.05) is 52.4 Å². The van der Waals surface area contributed by atoms with E-state index in [-0.39, 0.29) is 17.6 Å². The number of rotatable bonds is 7. The van der Waals surface area contributed by atoms with Crippen LogP contribution in [0.4, 0.5) is 8.78 Å². The third-order valence-corrected chi connectivity index (χ3v) is 10.4. The fourth-order valence-electron chi connectivity index (χ4n) is 7.94. The molecular weight excluding hydrogens is 454 g/mol. The van der Waals surface area contributed by atoms with Crippen molar-refractivity contribution in [3.63, 3.8) is 0 Å². The molecule has 4 aliphatic rings. The molecule has 1 aromatic carbocycles. The fourth-order valence-corrected chi connectivity index (χ4v) is 7.94. The van der Waals surface area contributed by atoms with Crippen LogP contribution in [-0.4, -0.2) is 12.7 Å². The van der Waals surface area contributed by atoms with Gasteiger partial charge in [0.05, 0.1) is 6.61 Å². The van der Waals surface area contributed by atoms with Crippen LogP contribution in [-0.2, 0) is 6.42 Å². The number of ether oxygens (including phenoxy) is 2. The Morgan fingerprint density at radius 1 is 0.778 bits per heavy atom. The summed E-state index contributed by atoms with van der Waals surface area (Å²) in [5, 5.41) is 0. The molecule has 36 heavy (non-hydrogen) atoms. The molecule has 1 unspecified atom stereocenters. The van der Waals surface area contributed by atoms with E-state index in [1.54, 1.807) is 6.07 Å². The third-order valence-electron chi connectivity index (χ3n) is 10.4. The first-order valence-corrected chi connectivity index (χ1v) is 15.3. The second-order valence-electron chi connectivity index (χ2n) is 12.9. The summed E-state index contributed by atoms with van der Waals surface area (Å²) in [4.78, 5) is 0. The van der Waals surface area contributed by atoms with E-state index in [1.165, 1.54) is 77.0 Å². The average Bonchev–Trinajstić information content (AvgIpc) is 2.91. The van der Waals surface area contributed by atoms with Gasteiger partial charge in [-0.25, -0.2) is 0 Å². The lowest BCUT2D eigenvalue weighted by atomic mass is 9.68. The van der Waals surface area contributed by atoms with Crippen molar-refractivity contribution < 1.29 is 18.3 Å². The van der Waals surface area contributed by atoms with Gasteiger partial charge in [0.15, 0.2) is 11.5 Å². The van der Waals surface area contributed by atoms with Gasteiger partial charge in [0.2, 0.25) is 11.6 Å². The van der Waals surface area contributed by atoms with Crippen LogP contribution in [0.2, 0.25) is 0 Å². The first-order valence-electron chi connectivity index (χ1n) is 15.3. The smallest absolute Gasteiger partial charge is 0.204 e. The highest BCUT2D eigenvalue weighted by molar-refractivity contribution is 5.44. The third kappa shape index (κ3) is 6.04. The van der Waals surface area contributed by atoms with E-state index in [1.807, 2.05) is 0 Å². The van der Waals surface area contributed by atoms with Gasteiger partial charge >= 0.3 is 0 Å². The maximum absolute atomic E-state index is 15.1. The predicted octanol–water partition coefficient (Wildman–Crippen LogP) is 9.28. The lowest BCUT2D eigenvalue weighted by Crippen LogP contribution is -2.35. The topological polar surface area (TPSA) is 18.5 Å². The molecule has 0 aromatic heterocycles. The summed E-state index contributed by atoms with van der Waals surface area (Å²) in [6.45, 7) is 5.12. The molecule has 1 aromatic rings. The van der Waals surface area contributed by atoms with Gasteiger partial charge in [-0.15, -0.1) is 0 Å². The maximum Gasteiger partial charge on any atom is 0.204 e. The molecule has 4 heteroatoms. The van der Waals surface area contributed by atoms with Crippen molar-refractivity contribution in [3.05, 3.63) is 23.3 Å². The molecule has 1 heterocycles. The van der Waals surface area contributed by atoms with Gasteiger partial charge in [-0.3, -0.25) is 0 Å². The molecule has 1 aliphatic heterocycles. The highest BCUT2D eigenvalue weighted by atomic mass is 19.2. The first kappa shape index (κ1) is 26.3. The maximum atomic E-state index is 15.1. The van der Waals surface area contributed by atoms with Crippen molar-refractivity contribution in [2.24, 2.45) is 35.5 Å². The van der Waals surface area contributed by atoms with E-state index in [0.717, 1.165) is 54.9 Å². The molecule has 1 atom stereocenters. The van der Waals surface area contributed by atoms with Gasteiger partial charge in [-0.05, 0) is 106 Å². The minimum atomic E-state index is -0.871. The van der Waals surface area contributed by atoms with Crippen molar-refractivity contribution in [1.82, 2.24) is 0 Å². The van der Waals surface area contributed by atoms with Crippen LogP contribution in [0.25, 0.3) is 0 Å². The van der Waals surface area contributed by atoms with Crippen LogP contribution in [0.15, 0.2) is 6.07 Å². The second kappa shape index (κ2) is 12.0. The number of hydrogen-bond donors (Lipinski definition) is 0. The van der Waals surface area contributed by atoms with Crippen molar-refractivity contribution >= 4 is 0 Å². The summed E-state index contributed by atoms with van der Waals surface area (Å²) in [6.07, 6.45) is 19.4. The van der Waals surface area contributed by atoms with E-state index in [2.05, 4.69) is 13.8 Å². The van der Waals surface area contributed by atoms with Crippen LogP contribution < -0.4 is 9.47 Å². The van der Waals surface area contributed by atoms with E-state index in [4.69, 9.17) is 9.47 Å². The zero-order chi connectivity index (χ0) is 25.1. The summed E-state index contributed by atoms with van der Waals surface area (Å²) in [7, 11) is 0. The Balaban J connectivity index is 1.14. The Bertz CT molecular complexity index is 846. The van der Waals surface area contributed by atoms with E-state index < -0.39 is 11.6 Å². The summed E-state index contributed by atoms with van der Waals surface area (Å²) in [5.74, 6) is 2.94. The summed E-state index contributed by atoms with van der Waals surface area (Å²) < 4.78 is 42.2. The molecule has 3 saturated carbocycles. The van der Waals surface area contributed by atoms with Crippen molar-refractivity contribution in [2.75, 3.05) is 6.61 Å². The summed E-state index contributed by atoms with van der Waals surface area (Å²) in [5.41, 5.74) is 0.775. The minimum Gasteiger partial charge on any atom is -0.490 e. The lowest BCUT2D eigenvalue weighted by Gasteiger charge is -2.40. The number of aryl methyl sites for hydroxylation is 1. The Morgan fingerprint density at radius 2 is 1.39 bits per heavy atom. The molecule has 0 bridgehead atoms. The van der Waals surface area contributed by atoms with Gasteiger partial charge in [0.1, 0.15) is 6.10 Å². The first-order chi connectivity index (χ1) is 17.5. The van der Waals surface area contributed by atoms with Crippen LogP contribution in [0.1, 0.15) is 116 Å². The van der Waals surface area contributed by atoms with Gasteiger partial charge < -0.3 is 9.47 Å². The van der Waals surface area contributed by atoms with E-state index >= 15 is 4.39 Å². The van der Waals surface area contributed by atoms with Gasteiger partial charge in [0.25, 0.3) is 0 Å². The number of hydrogen-bond acceptors (Lipinski definition) is 2. The molecule has 3 fully saturated rings. The highest BCUT2D eigenvalue weighted by Gasteiger charge is 2.36. The second-order valence-corrected chi connectivity index (χ2v) is 12.9. The summed E-state index contributed by atoms with van der Waals surface area (Å²) >= 11 is 0. The standard InChI is InChI=1S/C32H48F2O2/c1-3-4-22-7-9-23(10-8-22)20-35-29-19-27-17-18-28(36-32(27)31(34)30(29)33)26-15-13-25(14-16-26)24-11-5-21(2)6-12-24/h19,21-26,28H,3-18,20H2,1-2H3. The lowest BCUT2D eigenvalue weighted by molar-refractivity contribution is 0.0567. The minimum absolute atomic E-state index is 0.0174. The zero-order valence-electron chi connectivity index (χ0n) is 22.7. The number of fused-ring (bicyclic) bond motifs is 1. The fraction of sp³-hybridized carbons (Fsp3) is 0.812. The average molecular weight is 503 g/mol. The molecule has 0 radical (unpaired) electrons. The number of halogens is 2. The van der Waals surface area contributed by atoms with Gasteiger partial charge in [-0.2, -0.15) is 8.78 Å². The number of benzene rings is 1. The molecule has 2 nitrogen and oxygen atoms in total. The van der Waals surface area contributed by atoms with Crippen molar-refractivity contribution in [3.8, 4) is 11.5 Å². The molecule has 0 N–H and O–H groups in total. The molecule has 0 saturated heterocycles. The van der Waals surface area contributed by atoms with Crippen molar-refractivity contribution in [2.45, 2.75) is 123 Å². The summed E-state index contributed by atoms with van der Waals surface area (Å²) in [6, 6.07) is 1.72. The van der Waals surface area contributed by atoms with Crippen LogP contribution >= 0.6 is 0 Å². The largest absolute Gasteiger partial charge is 0.490 e. The Kier molecular flexibility index (Phi) is 8.79. The van der Waals surface area contributed by atoms with E-state index in [9.17, 15) is 4.39 Å². The van der Waals surface area contributed by atoms with Crippen molar-refractivity contribution in [1.29, 1.82) is 0 Å². The Hall–Kier alpha value is -1.32. The Morgan fingerprint density at radius 3 is 2.06 bits per heavy atom. The van der Waals surface area contributed by atoms with Crippen LogP contribution in [0.5, 0.6) is 11.5 Å². The van der Waals surface area contributed by atoms with Crippen LogP contribution in [0, 0.1) is 47.1 Å². The zero-order valence-corrected chi connectivity index (χ0v) is 22.7. The molecule has 5 rings (SSSR count). The molecule has 3 aliphatic carbocycles. The Labute approximate surface area is 217 Å². The van der Waals surface area contributed by atoms with E-state index in [0.29, 0.717) is 18.4 Å². The molecule has 0 spiro atoms. The van der Waals surface area contributed by atoms with Gasteiger partial charge in [0, 0.05) is 5.56 Å².